The molecule has 2 unspecified atom stereocenters. The fourth-order valence-corrected chi connectivity index (χ4v) is 9.64. The van der Waals surface area contributed by atoms with Gasteiger partial charge in [0.05, 0.1) is 55.5 Å². The van der Waals surface area contributed by atoms with Crippen LogP contribution >= 0.6 is 0 Å². The zero-order valence-corrected chi connectivity index (χ0v) is 37.7. The van der Waals surface area contributed by atoms with Crippen molar-refractivity contribution in [3.8, 4) is 57.0 Å². The van der Waals surface area contributed by atoms with Crippen LogP contribution in [0.25, 0.3) is 22.3 Å². The third-order valence-electron chi connectivity index (χ3n) is 9.91. The molecule has 6 aromatic rings. The Morgan fingerprint density at radius 2 is 0.818 bits per heavy atom. The average Bonchev–Trinajstić information content (AvgIpc) is 3.16. The molecule has 284 valence electrons. The predicted octanol–water partition coefficient (Wildman–Crippen LogP) is 9.22. The van der Waals surface area contributed by atoms with E-state index in [1.807, 2.05) is 98.8 Å². The molecular weight excluding hydrogens is 717 g/mol. The second-order valence-electron chi connectivity index (χ2n) is 14.6. The molecule has 0 N–H and O–H groups in total. The number of nitrogens with zero attached hydrogens (tertiary/aromatic N) is 2. The van der Waals surface area contributed by atoms with Crippen LogP contribution in [-0.2, 0) is 15.2 Å². The quantitative estimate of drug-likeness (QED) is 0.102. The number of ether oxygens (including phenoxy) is 5. The summed E-state index contributed by atoms with van der Waals surface area (Å²) in [6.45, 7) is 18.0. The number of aromatic nitrogens is 2. The summed E-state index contributed by atoms with van der Waals surface area (Å²) in [5.41, 5.74) is 9.94. The molecule has 9 heteroatoms. The Balaban J connectivity index is 1.43. The van der Waals surface area contributed by atoms with Crippen molar-refractivity contribution in [1.29, 1.82) is 0 Å². The lowest BCUT2D eigenvalue weighted by atomic mass is 9.94. The second-order valence-corrected chi connectivity index (χ2v) is 18.5. The Kier molecular flexibility index (Phi) is 11.9. The zero-order valence-electron chi connectivity index (χ0n) is 33.7. The van der Waals surface area contributed by atoms with E-state index in [2.05, 4.69) is 65.8 Å². The van der Waals surface area contributed by atoms with Gasteiger partial charge in [0.15, 0.2) is 0 Å². The highest BCUT2D eigenvalue weighted by Crippen LogP contribution is 2.44. The van der Waals surface area contributed by atoms with Gasteiger partial charge in [-0.05, 0) is 137 Å². The van der Waals surface area contributed by atoms with E-state index in [0.717, 1.165) is 67.4 Å². The molecule has 2 aromatic heterocycles. The number of para-hydroxylation sites is 2. The van der Waals surface area contributed by atoms with Gasteiger partial charge in [0.1, 0.15) is 23.0 Å². The molecule has 0 saturated carbocycles. The largest absolute Gasteiger partial charge is 0.494 e. The Hall–Kier alpha value is -5.23. The van der Waals surface area contributed by atoms with Crippen molar-refractivity contribution in [2.75, 3.05) is 13.2 Å². The lowest BCUT2D eigenvalue weighted by molar-refractivity contribution is -0.0607. The molecule has 2 heterocycles. The average molecular weight is 769 g/mol. The Bertz CT molecular complexity index is 2080. The predicted molar refractivity (Wildman–Crippen MR) is 229 cm³/mol. The topological polar surface area (TPSA) is 71.9 Å². The third kappa shape index (κ3) is 8.70. The number of benzene rings is 4. The molecule has 0 bridgehead atoms. The highest BCUT2D eigenvalue weighted by molar-refractivity contribution is 6.17. The van der Waals surface area contributed by atoms with Gasteiger partial charge in [-0.15, -0.1) is 0 Å². The molecule has 0 aliphatic rings. The zero-order chi connectivity index (χ0) is 39.3. The molecule has 2 atom stereocenters. The Morgan fingerprint density at radius 1 is 0.473 bits per heavy atom. The molecule has 0 saturated heterocycles. The van der Waals surface area contributed by atoms with E-state index in [4.69, 9.17) is 33.7 Å². The van der Waals surface area contributed by atoms with Gasteiger partial charge in [-0.3, -0.25) is 0 Å². The van der Waals surface area contributed by atoms with Gasteiger partial charge in [0.25, 0.3) is 0 Å². The van der Waals surface area contributed by atoms with Gasteiger partial charge in [-0.1, -0.05) is 60.7 Å². The van der Waals surface area contributed by atoms with Crippen LogP contribution < -0.4 is 18.9 Å². The number of pyridine rings is 2. The minimum absolute atomic E-state index is 0.539. The summed E-state index contributed by atoms with van der Waals surface area (Å²) in [6.07, 6.45) is 0. The second kappa shape index (κ2) is 16.6. The highest BCUT2D eigenvalue weighted by atomic mass is 28.2. The molecule has 7 nitrogen and oxygen atoms in total. The molecule has 0 radical (unpaired) electrons. The summed E-state index contributed by atoms with van der Waals surface area (Å²) in [4.78, 5) is 10.6. The van der Waals surface area contributed by atoms with Crippen molar-refractivity contribution >= 4 is 20.5 Å². The smallest absolute Gasteiger partial charge is 0.227 e. The first-order valence-corrected chi connectivity index (χ1v) is 21.0. The van der Waals surface area contributed by atoms with E-state index >= 15 is 0 Å². The maximum Gasteiger partial charge on any atom is 0.227 e. The van der Waals surface area contributed by atoms with E-state index in [1.165, 1.54) is 0 Å². The molecule has 0 fully saturated rings. The molecule has 6 rings (SSSR count). The van der Waals surface area contributed by atoms with Gasteiger partial charge in [-0.2, -0.15) is 0 Å². The van der Waals surface area contributed by atoms with Crippen molar-refractivity contribution in [2.45, 2.75) is 65.8 Å². The summed E-state index contributed by atoms with van der Waals surface area (Å²) >= 11 is 0. The first-order valence-electron chi connectivity index (χ1n) is 19.0. The highest BCUT2D eigenvalue weighted by Gasteiger charge is 2.38. The summed E-state index contributed by atoms with van der Waals surface area (Å²) in [6, 6.07) is 35.9. The summed E-state index contributed by atoms with van der Waals surface area (Å²) in [5.74, 6) is 4.16. The fourth-order valence-electron chi connectivity index (χ4n) is 7.24. The van der Waals surface area contributed by atoms with Crippen LogP contribution in [0.2, 0.25) is 0 Å². The van der Waals surface area contributed by atoms with E-state index in [-0.39, 0.29) is 0 Å². The van der Waals surface area contributed by atoms with Crippen LogP contribution in [0, 0.1) is 27.7 Å². The monoisotopic (exact) mass is 768 g/mol. The number of hydrogen-bond acceptors (Lipinski definition) is 7. The van der Waals surface area contributed by atoms with Gasteiger partial charge < -0.3 is 23.7 Å². The molecule has 0 aliphatic carbocycles. The number of hydrogen-bond donors (Lipinski definition) is 0. The van der Waals surface area contributed by atoms with Crippen LogP contribution in [0.1, 0.15) is 61.3 Å². The molecule has 55 heavy (non-hydrogen) atoms. The molecular formula is C46H52N2O5Si2. The van der Waals surface area contributed by atoms with Crippen molar-refractivity contribution < 1.29 is 23.7 Å². The summed E-state index contributed by atoms with van der Waals surface area (Å²) < 4.78 is 32.0. The van der Waals surface area contributed by atoms with Crippen molar-refractivity contribution in [1.82, 2.24) is 9.97 Å². The van der Waals surface area contributed by atoms with Gasteiger partial charge in [0, 0.05) is 11.1 Å². The molecule has 0 amide bonds. The third-order valence-corrected chi connectivity index (χ3v) is 11.3. The van der Waals surface area contributed by atoms with Crippen LogP contribution in [0.5, 0.6) is 34.8 Å². The molecule has 4 aromatic carbocycles. The van der Waals surface area contributed by atoms with Crippen molar-refractivity contribution in [2.24, 2.45) is 0 Å². The first kappa shape index (κ1) is 39.5. The van der Waals surface area contributed by atoms with E-state index < -0.39 is 10.4 Å². The van der Waals surface area contributed by atoms with E-state index in [0.29, 0.717) is 57.0 Å². The molecule has 0 spiro atoms. The Morgan fingerprint density at radius 3 is 1.15 bits per heavy atom. The van der Waals surface area contributed by atoms with Crippen molar-refractivity contribution in [3.63, 3.8) is 0 Å². The lowest BCUT2D eigenvalue weighted by Crippen LogP contribution is -2.40. The summed E-state index contributed by atoms with van der Waals surface area (Å²) in [5, 5.41) is -1.40. The van der Waals surface area contributed by atoms with Crippen LogP contribution in [-0.4, -0.2) is 43.7 Å². The van der Waals surface area contributed by atoms with Crippen LogP contribution in [0.3, 0.4) is 0 Å². The van der Waals surface area contributed by atoms with Gasteiger partial charge in [-0.25, -0.2) is 9.97 Å². The van der Waals surface area contributed by atoms with Crippen molar-refractivity contribution in [3.05, 3.63) is 143 Å². The maximum atomic E-state index is 7.31. The SMILES string of the molecule is CCOc1ccc(-c2c(Oc3ccccc3)nc(C(C)([SiH3])OC(C)([SiH3])c3nc(Oc4ccccc4)c(-c4ccc(OCC)cc4)c(C)c3C)c(C)c2C)cc1. The summed E-state index contributed by atoms with van der Waals surface area (Å²) in [7, 11) is 1.30. The minimum Gasteiger partial charge on any atom is -0.494 e. The first-order chi connectivity index (χ1) is 26.3. The standard InChI is InChI=1S/C46H52N2O5Si2/c1-9-49-35-25-21-33(22-26-35)39-29(3)31(5)41(47-43(39)51-37-17-13-11-14-18-37)45(7,54)53-46(8,55)42-32(6)30(4)40(34-23-27-36(28-24-34)50-10-2)44(48-42)52-38-19-15-12-16-20-38/h11-28H,9-10H2,1-8,54-55H3. The van der Waals surface area contributed by atoms with E-state index in [1.54, 1.807) is 0 Å². The normalized spacial score (nSPS) is 13.5. The Labute approximate surface area is 331 Å². The molecule has 0 aliphatic heterocycles. The van der Waals surface area contributed by atoms with E-state index in [9.17, 15) is 0 Å². The van der Waals surface area contributed by atoms with Crippen LogP contribution in [0.15, 0.2) is 109 Å². The minimum atomic E-state index is -0.701. The number of rotatable bonds is 14. The fraction of sp³-hybridized carbons (Fsp3) is 0.261. The lowest BCUT2D eigenvalue weighted by Gasteiger charge is -2.38. The maximum absolute atomic E-state index is 7.31. The van der Waals surface area contributed by atoms with Gasteiger partial charge in [0.2, 0.25) is 11.8 Å². The van der Waals surface area contributed by atoms with Crippen LogP contribution in [0.4, 0.5) is 0 Å². The van der Waals surface area contributed by atoms with Gasteiger partial charge >= 0.3 is 0 Å².